The first kappa shape index (κ1) is 34.8. The van der Waals surface area contributed by atoms with Crippen LogP contribution in [-0.4, -0.2) is 43.3 Å². The Balaban J connectivity index is 1.75. The molecule has 1 atom stereocenters. The van der Waals surface area contributed by atoms with Gasteiger partial charge in [-0.2, -0.15) is 0 Å². The Morgan fingerprint density at radius 2 is 1.35 bits per heavy atom. The molecule has 0 saturated carbocycles. The summed E-state index contributed by atoms with van der Waals surface area (Å²) in [6.07, 6.45) is 0.257. The molecule has 242 valence electrons. The van der Waals surface area contributed by atoms with Gasteiger partial charge in [0.05, 0.1) is 10.6 Å². The fraction of sp³-hybridized carbons (Fsp3) is 0.257. The van der Waals surface area contributed by atoms with E-state index < -0.39 is 34.1 Å². The monoisotopic (exact) mass is 681 g/mol. The molecule has 1 N–H and O–H groups in total. The number of benzene rings is 4. The van der Waals surface area contributed by atoms with E-state index in [1.165, 1.54) is 17.0 Å². The lowest BCUT2D eigenvalue weighted by Gasteiger charge is -2.35. The van der Waals surface area contributed by atoms with Crippen molar-refractivity contribution in [2.75, 3.05) is 10.8 Å². The average molecular weight is 683 g/mol. The van der Waals surface area contributed by atoms with Crippen molar-refractivity contribution in [3.8, 4) is 11.5 Å². The van der Waals surface area contributed by atoms with E-state index in [-0.39, 0.29) is 29.5 Å². The average Bonchev–Trinajstić information content (AvgIpc) is 3.01. The van der Waals surface area contributed by atoms with Crippen LogP contribution in [0.3, 0.4) is 0 Å². The molecule has 4 aromatic rings. The first-order valence-corrected chi connectivity index (χ1v) is 16.9. The highest BCUT2D eigenvalue weighted by Gasteiger charge is 2.35. The SMILES string of the molecule is CCC(C(=O)NC(C)(C)C)N(Cc1c(Cl)cccc1Cl)C(=O)CN(c1ccc(Oc2ccccc2)cc1)S(=O)(=O)c1ccccc1. The highest BCUT2D eigenvalue weighted by molar-refractivity contribution is 7.92. The minimum Gasteiger partial charge on any atom is -0.457 e. The molecule has 0 aliphatic rings. The minimum atomic E-state index is -4.23. The van der Waals surface area contributed by atoms with E-state index in [1.54, 1.807) is 79.7 Å². The van der Waals surface area contributed by atoms with Gasteiger partial charge >= 0.3 is 0 Å². The summed E-state index contributed by atoms with van der Waals surface area (Å²) in [5.74, 6) is 0.104. The largest absolute Gasteiger partial charge is 0.457 e. The van der Waals surface area contributed by atoms with Crippen LogP contribution in [0.1, 0.15) is 39.7 Å². The first-order chi connectivity index (χ1) is 21.8. The predicted molar refractivity (Wildman–Crippen MR) is 183 cm³/mol. The lowest BCUT2D eigenvalue weighted by molar-refractivity contribution is -0.141. The summed E-state index contributed by atoms with van der Waals surface area (Å²) in [5.41, 5.74) is 0.106. The van der Waals surface area contributed by atoms with Crippen LogP contribution >= 0.6 is 23.2 Å². The third-order valence-corrected chi connectivity index (χ3v) is 9.48. The van der Waals surface area contributed by atoms with Crippen molar-refractivity contribution in [3.05, 3.63) is 119 Å². The van der Waals surface area contributed by atoms with Crippen molar-refractivity contribution in [2.24, 2.45) is 0 Å². The third-order valence-electron chi connectivity index (χ3n) is 6.99. The number of rotatable bonds is 12. The standard InChI is InChI=1S/C35H37Cl2N3O5S/c1-5-32(34(42)38-35(2,3)4)39(23-29-30(36)17-12-18-31(29)37)33(41)24-40(46(43,44)28-15-10-7-11-16-28)25-19-21-27(22-20-25)45-26-13-8-6-9-14-26/h6-22,32H,5,23-24H2,1-4H3,(H,38,42). The lowest BCUT2D eigenvalue weighted by Crippen LogP contribution is -2.55. The van der Waals surface area contributed by atoms with Gasteiger partial charge in [-0.1, -0.05) is 72.6 Å². The molecule has 0 aromatic heterocycles. The van der Waals surface area contributed by atoms with Crippen LogP contribution in [-0.2, 0) is 26.2 Å². The van der Waals surface area contributed by atoms with Gasteiger partial charge in [-0.25, -0.2) is 8.42 Å². The van der Waals surface area contributed by atoms with Crippen LogP contribution in [0, 0.1) is 0 Å². The molecule has 0 aliphatic heterocycles. The molecule has 46 heavy (non-hydrogen) atoms. The van der Waals surface area contributed by atoms with Gasteiger partial charge in [-0.3, -0.25) is 13.9 Å². The van der Waals surface area contributed by atoms with Crippen molar-refractivity contribution < 1.29 is 22.7 Å². The number of hydrogen-bond acceptors (Lipinski definition) is 5. The van der Waals surface area contributed by atoms with Gasteiger partial charge in [-0.15, -0.1) is 0 Å². The zero-order valence-corrected chi connectivity index (χ0v) is 28.4. The van der Waals surface area contributed by atoms with Crippen LogP contribution in [0.25, 0.3) is 0 Å². The van der Waals surface area contributed by atoms with E-state index in [4.69, 9.17) is 27.9 Å². The maximum absolute atomic E-state index is 14.3. The molecule has 2 amide bonds. The number of amides is 2. The van der Waals surface area contributed by atoms with E-state index in [0.717, 1.165) is 4.31 Å². The summed E-state index contributed by atoms with van der Waals surface area (Å²) in [7, 11) is -4.23. The minimum absolute atomic E-state index is 0.00521. The molecular weight excluding hydrogens is 645 g/mol. The number of carbonyl (C=O) groups is 2. The number of anilines is 1. The summed E-state index contributed by atoms with van der Waals surface area (Å²) >= 11 is 13.0. The van der Waals surface area contributed by atoms with Crippen molar-refractivity contribution in [3.63, 3.8) is 0 Å². The molecule has 0 heterocycles. The topological polar surface area (TPSA) is 96.0 Å². The van der Waals surface area contributed by atoms with Gasteiger partial charge in [0.15, 0.2) is 0 Å². The fourth-order valence-corrected chi connectivity index (χ4v) is 6.73. The van der Waals surface area contributed by atoms with E-state index in [1.807, 2.05) is 39.0 Å². The van der Waals surface area contributed by atoms with Gasteiger partial charge in [0.2, 0.25) is 11.8 Å². The molecule has 8 nitrogen and oxygen atoms in total. The quantitative estimate of drug-likeness (QED) is 0.165. The summed E-state index contributed by atoms with van der Waals surface area (Å²) in [5, 5.41) is 3.58. The normalized spacial score (nSPS) is 12.2. The Kier molecular flexibility index (Phi) is 11.4. The molecule has 0 radical (unpaired) electrons. The van der Waals surface area contributed by atoms with Crippen LogP contribution in [0.15, 0.2) is 108 Å². The van der Waals surface area contributed by atoms with Crippen molar-refractivity contribution in [1.82, 2.24) is 10.2 Å². The second kappa shape index (κ2) is 15.0. The molecule has 1 unspecified atom stereocenters. The van der Waals surface area contributed by atoms with E-state index in [0.29, 0.717) is 27.1 Å². The molecule has 0 aliphatic carbocycles. The Labute approximate surface area is 280 Å². The highest BCUT2D eigenvalue weighted by atomic mass is 35.5. The predicted octanol–water partition coefficient (Wildman–Crippen LogP) is 7.70. The zero-order valence-electron chi connectivity index (χ0n) is 26.1. The maximum Gasteiger partial charge on any atom is 0.264 e. The summed E-state index contributed by atoms with van der Waals surface area (Å²) < 4.78 is 35.1. The van der Waals surface area contributed by atoms with Gasteiger partial charge in [-0.05, 0) is 87.9 Å². The Morgan fingerprint density at radius 1 is 0.804 bits per heavy atom. The van der Waals surface area contributed by atoms with Gasteiger partial charge in [0, 0.05) is 27.7 Å². The maximum atomic E-state index is 14.3. The number of carbonyl (C=O) groups excluding carboxylic acids is 2. The second-order valence-corrected chi connectivity index (χ2v) is 14.3. The van der Waals surface area contributed by atoms with Crippen LogP contribution in [0.5, 0.6) is 11.5 Å². The van der Waals surface area contributed by atoms with Gasteiger partial charge < -0.3 is 15.0 Å². The fourth-order valence-electron chi connectivity index (χ4n) is 4.78. The second-order valence-electron chi connectivity index (χ2n) is 11.6. The molecule has 4 rings (SSSR count). The molecule has 0 spiro atoms. The van der Waals surface area contributed by atoms with E-state index in [2.05, 4.69) is 5.32 Å². The van der Waals surface area contributed by atoms with Crippen molar-refractivity contribution in [2.45, 2.75) is 57.1 Å². The molecule has 0 fully saturated rings. The van der Waals surface area contributed by atoms with Crippen LogP contribution in [0.2, 0.25) is 10.0 Å². The highest BCUT2D eigenvalue weighted by Crippen LogP contribution is 2.30. The molecule has 4 aromatic carbocycles. The smallest absolute Gasteiger partial charge is 0.264 e. The number of para-hydroxylation sites is 1. The van der Waals surface area contributed by atoms with Crippen LogP contribution in [0.4, 0.5) is 5.69 Å². The summed E-state index contributed by atoms with van der Waals surface area (Å²) in [6, 6.07) is 27.5. The van der Waals surface area contributed by atoms with Crippen LogP contribution < -0.4 is 14.4 Å². The number of halogens is 2. The Hall–Kier alpha value is -4.05. The number of ether oxygens (including phenoxy) is 1. The van der Waals surface area contributed by atoms with Gasteiger partial charge in [0.25, 0.3) is 10.0 Å². The van der Waals surface area contributed by atoms with E-state index in [9.17, 15) is 18.0 Å². The molecule has 0 saturated heterocycles. The molecule has 0 bridgehead atoms. The molecular formula is C35H37Cl2N3O5S. The Morgan fingerprint density at radius 3 is 1.89 bits per heavy atom. The number of sulfonamides is 1. The zero-order chi connectivity index (χ0) is 33.5. The number of hydrogen-bond donors (Lipinski definition) is 1. The first-order valence-electron chi connectivity index (χ1n) is 14.8. The Bertz CT molecular complexity index is 1730. The summed E-state index contributed by atoms with van der Waals surface area (Å²) in [6.45, 7) is 6.59. The molecule has 11 heteroatoms. The third kappa shape index (κ3) is 8.81. The van der Waals surface area contributed by atoms with Crippen molar-refractivity contribution in [1.29, 1.82) is 0 Å². The van der Waals surface area contributed by atoms with Gasteiger partial charge in [0.1, 0.15) is 24.1 Å². The summed E-state index contributed by atoms with van der Waals surface area (Å²) in [4.78, 5) is 29.2. The van der Waals surface area contributed by atoms with E-state index >= 15 is 0 Å². The lowest BCUT2D eigenvalue weighted by atomic mass is 10.1. The number of nitrogens with one attached hydrogen (secondary N) is 1. The van der Waals surface area contributed by atoms with Crippen molar-refractivity contribution >= 4 is 50.7 Å². The number of nitrogens with zero attached hydrogens (tertiary/aromatic N) is 2.